The first-order valence-electron chi connectivity index (χ1n) is 14.7. The van der Waals surface area contributed by atoms with Crippen molar-refractivity contribution in [2.45, 2.75) is 136 Å². The van der Waals surface area contributed by atoms with Crippen molar-refractivity contribution in [2.24, 2.45) is 23.2 Å². The second kappa shape index (κ2) is 12.7. The molecule has 6 atom stereocenters. The molecular weight excluding hydrogens is 468 g/mol. The Morgan fingerprint density at radius 2 is 1.86 bits per heavy atom. The van der Waals surface area contributed by atoms with E-state index in [-0.39, 0.29) is 12.3 Å². The van der Waals surface area contributed by atoms with E-state index in [1.165, 1.54) is 66.4 Å². The lowest BCUT2D eigenvalue weighted by molar-refractivity contribution is -0.137. The van der Waals surface area contributed by atoms with Gasteiger partial charge in [-0.2, -0.15) is 0 Å². The Kier molecular flexibility index (Phi) is 10.5. The van der Waals surface area contributed by atoms with Gasteiger partial charge in [-0.3, -0.25) is 4.79 Å². The average molecular weight is 521 g/mol. The van der Waals surface area contributed by atoms with Gasteiger partial charge in [-0.05, 0) is 92.0 Å². The topological polar surface area (TPSA) is 46.5 Å². The minimum absolute atomic E-state index is 0.166. The Bertz CT molecular complexity index is 795. The Balaban J connectivity index is 1.61. The van der Waals surface area contributed by atoms with Gasteiger partial charge in [-0.25, -0.2) is 0 Å². The SMILES string of the molecule is CCc1ccc([C@@H](CCCC(C)C2CCC3C(O[Si](CC)(CC)CC)CCCC23C)CC(=O)O)s1. The molecule has 1 N–H and O–H groups in total. The third kappa shape index (κ3) is 6.62. The molecule has 3 rings (SSSR count). The van der Waals surface area contributed by atoms with Crippen LogP contribution in [0.5, 0.6) is 0 Å². The van der Waals surface area contributed by atoms with E-state index in [1.54, 1.807) is 0 Å². The lowest BCUT2D eigenvalue weighted by Crippen LogP contribution is -2.48. The minimum atomic E-state index is -1.57. The van der Waals surface area contributed by atoms with Crippen LogP contribution in [0.15, 0.2) is 12.1 Å². The van der Waals surface area contributed by atoms with Crippen molar-refractivity contribution in [3.05, 3.63) is 21.9 Å². The molecule has 2 aliphatic rings. The van der Waals surface area contributed by atoms with Crippen molar-refractivity contribution >= 4 is 25.6 Å². The van der Waals surface area contributed by atoms with E-state index in [0.717, 1.165) is 31.1 Å². The highest BCUT2D eigenvalue weighted by Crippen LogP contribution is 2.59. The van der Waals surface area contributed by atoms with Crippen LogP contribution in [0.4, 0.5) is 0 Å². The third-order valence-corrected chi connectivity index (χ3v) is 16.3. The van der Waals surface area contributed by atoms with Crippen LogP contribution in [-0.2, 0) is 15.6 Å². The fourth-order valence-electron chi connectivity index (χ4n) is 7.80. The van der Waals surface area contributed by atoms with E-state index in [2.05, 4.69) is 53.7 Å². The Morgan fingerprint density at radius 3 is 2.46 bits per heavy atom. The quantitative estimate of drug-likeness (QED) is 0.249. The molecule has 0 spiro atoms. The monoisotopic (exact) mass is 520 g/mol. The van der Waals surface area contributed by atoms with E-state index in [1.807, 2.05) is 11.3 Å². The van der Waals surface area contributed by atoms with Gasteiger partial charge in [0.2, 0.25) is 0 Å². The number of thiophene rings is 1. The Morgan fingerprint density at radius 1 is 1.14 bits per heavy atom. The standard InChI is InChI=1S/C30H52O3SSi/c1-7-24-16-19-28(34-24)23(21-29(31)32)14-11-13-22(5)25-17-18-26-27(15-12-20-30(25,26)6)33-35(8-2,9-3)10-4/h16,19,22-23,25-27H,7-15,17-18,20-21H2,1-6H3,(H,31,32)/t22?,23-,25?,26?,27?,30?/m0/s1. The van der Waals surface area contributed by atoms with Gasteiger partial charge in [0.05, 0.1) is 6.42 Å². The number of carboxylic acid groups (broad SMARTS) is 1. The summed E-state index contributed by atoms with van der Waals surface area (Å²) in [7, 11) is -1.57. The summed E-state index contributed by atoms with van der Waals surface area (Å²) in [6.45, 7) is 14.3. The van der Waals surface area contributed by atoms with Crippen LogP contribution in [0, 0.1) is 23.2 Å². The van der Waals surface area contributed by atoms with E-state index >= 15 is 0 Å². The van der Waals surface area contributed by atoms with E-state index < -0.39 is 14.3 Å². The van der Waals surface area contributed by atoms with Crippen LogP contribution in [0.25, 0.3) is 0 Å². The first kappa shape index (κ1) is 28.9. The van der Waals surface area contributed by atoms with Gasteiger partial charge in [0.1, 0.15) is 0 Å². The summed E-state index contributed by atoms with van der Waals surface area (Å²) < 4.78 is 7.13. The number of carboxylic acids is 1. The Labute approximate surface area is 220 Å². The number of fused-ring (bicyclic) bond motifs is 1. The molecule has 2 saturated carbocycles. The molecule has 0 saturated heterocycles. The van der Waals surface area contributed by atoms with E-state index in [4.69, 9.17) is 4.43 Å². The van der Waals surface area contributed by atoms with E-state index in [9.17, 15) is 9.90 Å². The van der Waals surface area contributed by atoms with Crippen molar-refractivity contribution in [2.75, 3.05) is 0 Å². The van der Waals surface area contributed by atoms with Gasteiger partial charge in [-0.1, -0.05) is 60.8 Å². The smallest absolute Gasteiger partial charge is 0.303 e. The summed E-state index contributed by atoms with van der Waals surface area (Å²) in [5.74, 6) is 1.72. The van der Waals surface area contributed by atoms with Crippen molar-refractivity contribution < 1.29 is 14.3 Å². The van der Waals surface area contributed by atoms with Crippen molar-refractivity contribution in [3.63, 3.8) is 0 Å². The summed E-state index contributed by atoms with van der Waals surface area (Å²) in [5, 5.41) is 9.51. The zero-order valence-corrected chi connectivity index (χ0v) is 25.2. The van der Waals surface area contributed by atoms with Crippen molar-refractivity contribution in [1.82, 2.24) is 0 Å². The summed E-state index contributed by atoms with van der Waals surface area (Å²) in [4.78, 5) is 14.2. The maximum Gasteiger partial charge on any atom is 0.303 e. The zero-order valence-electron chi connectivity index (χ0n) is 23.4. The molecule has 0 aromatic carbocycles. The summed E-state index contributed by atoms with van der Waals surface area (Å²) >= 11 is 1.82. The number of carbonyl (C=O) groups is 1. The van der Waals surface area contributed by atoms with E-state index in [0.29, 0.717) is 17.4 Å². The maximum absolute atomic E-state index is 11.6. The molecule has 200 valence electrons. The first-order chi connectivity index (χ1) is 16.7. The number of rotatable bonds is 14. The molecule has 5 unspecified atom stereocenters. The molecule has 0 amide bonds. The fourth-order valence-corrected chi connectivity index (χ4v) is 11.8. The highest BCUT2D eigenvalue weighted by molar-refractivity contribution is 7.12. The summed E-state index contributed by atoms with van der Waals surface area (Å²) in [6, 6.07) is 8.12. The zero-order chi connectivity index (χ0) is 25.6. The molecule has 2 aliphatic carbocycles. The molecular formula is C30H52O3SSi. The molecule has 3 nitrogen and oxygen atoms in total. The lowest BCUT2D eigenvalue weighted by Gasteiger charge is -2.49. The summed E-state index contributed by atoms with van der Waals surface area (Å²) in [5.41, 5.74) is 0.419. The molecule has 35 heavy (non-hydrogen) atoms. The number of aryl methyl sites for hydroxylation is 1. The lowest BCUT2D eigenvalue weighted by atomic mass is 9.61. The summed E-state index contributed by atoms with van der Waals surface area (Å²) in [6.07, 6.45) is 11.8. The molecule has 0 aliphatic heterocycles. The van der Waals surface area contributed by atoms with Crippen LogP contribution in [0.3, 0.4) is 0 Å². The highest BCUT2D eigenvalue weighted by atomic mass is 32.1. The van der Waals surface area contributed by atoms with Crippen LogP contribution in [0.1, 0.15) is 115 Å². The number of hydrogen-bond acceptors (Lipinski definition) is 3. The highest BCUT2D eigenvalue weighted by Gasteiger charge is 2.53. The number of hydrogen-bond donors (Lipinski definition) is 1. The van der Waals surface area contributed by atoms with Crippen molar-refractivity contribution in [3.8, 4) is 0 Å². The van der Waals surface area contributed by atoms with Crippen LogP contribution in [0.2, 0.25) is 18.1 Å². The normalized spacial score (nSPS) is 28.6. The van der Waals surface area contributed by atoms with Gasteiger partial charge in [0, 0.05) is 21.8 Å². The maximum atomic E-state index is 11.6. The number of aliphatic carboxylic acids is 1. The molecule has 5 heteroatoms. The first-order valence-corrected chi connectivity index (χ1v) is 18.0. The molecule has 0 bridgehead atoms. The second-order valence-electron chi connectivity index (χ2n) is 11.9. The largest absolute Gasteiger partial charge is 0.481 e. The predicted molar refractivity (Wildman–Crippen MR) is 152 cm³/mol. The van der Waals surface area contributed by atoms with Crippen LogP contribution < -0.4 is 0 Å². The second-order valence-corrected chi connectivity index (χ2v) is 17.9. The predicted octanol–water partition coefficient (Wildman–Crippen LogP) is 9.28. The van der Waals surface area contributed by atoms with Gasteiger partial charge < -0.3 is 9.53 Å². The van der Waals surface area contributed by atoms with Crippen LogP contribution >= 0.6 is 11.3 Å². The van der Waals surface area contributed by atoms with Crippen molar-refractivity contribution in [1.29, 1.82) is 0 Å². The molecule has 1 heterocycles. The van der Waals surface area contributed by atoms with Crippen LogP contribution in [-0.4, -0.2) is 25.5 Å². The Hall–Kier alpha value is -0.653. The van der Waals surface area contributed by atoms with Gasteiger partial charge in [0.25, 0.3) is 0 Å². The minimum Gasteiger partial charge on any atom is -0.481 e. The average Bonchev–Trinajstić information content (AvgIpc) is 3.46. The molecule has 1 aromatic rings. The van der Waals surface area contributed by atoms with Gasteiger partial charge >= 0.3 is 5.97 Å². The van der Waals surface area contributed by atoms with Gasteiger partial charge in [0.15, 0.2) is 8.32 Å². The third-order valence-electron chi connectivity index (χ3n) is 10.2. The fraction of sp³-hybridized carbons (Fsp3) is 0.833. The molecule has 0 radical (unpaired) electrons. The van der Waals surface area contributed by atoms with Gasteiger partial charge in [-0.15, -0.1) is 11.3 Å². The molecule has 1 aromatic heterocycles. The molecule has 2 fully saturated rings.